The minimum Gasteiger partial charge on any atom is -0.341 e. The summed E-state index contributed by atoms with van der Waals surface area (Å²) in [4.78, 5) is 13.4. The van der Waals surface area contributed by atoms with Gasteiger partial charge in [0.05, 0.1) is 0 Å². The van der Waals surface area contributed by atoms with E-state index < -0.39 is 0 Å². The summed E-state index contributed by atoms with van der Waals surface area (Å²) in [6.07, 6.45) is 4.82. The highest BCUT2D eigenvalue weighted by Gasteiger charge is 2.31. The van der Waals surface area contributed by atoms with Gasteiger partial charge in [-0.05, 0) is 33.6 Å². The molecule has 94 valence electrons. The van der Waals surface area contributed by atoms with Crippen LogP contribution >= 0.6 is 0 Å². The van der Waals surface area contributed by atoms with Crippen LogP contribution in [0.25, 0.3) is 0 Å². The fourth-order valence-electron chi connectivity index (χ4n) is 2.53. The van der Waals surface area contributed by atoms with E-state index in [0.29, 0.717) is 12.1 Å². The maximum atomic E-state index is 11.5. The maximum Gasteiger partial charge on any atom is 0.219 e. The van der Waals surface area contributed by atoms with Crippen LogP contribution in [0.15, 0.2) is 0 Å². The molecule has 1 saturated carbocycles. The predicted molar refractivity (Wildman–Crippen MR) is 67.4 cm³/mol. The lowest BCUT2D eigenvalue weighted by Gasteiger charge is -2.41. The fraction of sp³-hybridized carbons (Fsp3) is 0.923. The normalized spacial score (nSPS) is 26.6. The second-order valence-corrected chi connectivity index (χ2v) is 5.98. The van der Waals surface area contributed by atoms with Crippen molar-refractivity contribution in [1.29, 1.82) is 0 Å². The number of carbonyl (C=O) groups is 1. The van der Waals surface area contributed by atoms with E-state index in [1.54, 1.807) is 6.92 Å². The summed E-state index contributed by atoms with van der Waals surface area (Å²) in [7, 11) is 1.93. The molecule has 0 aromatic carbocycles. The van der Waals surface area contributed by atoms with Crippen LogP contribution in [0.4, 0.5) is 0 Å². The zero-order valence-electron chi connectivity index (χ0n) is 11.3. The Morgan fingerprint density at radius 3 is 2.31 bits per heavy atom. The SMILES string of the molecule is CC(=O)N(C)[C@H]1CCCC[C@@H]1NC(C)(C)C. The second kappa shape index (κ2) is 5.17. The molecule has 0 spiro atoms. The molecular weight excluding hydrogens is 200 g/mol. The van der Waals surface area contributed by atoms with Gasteiger partial charge in [-0.1, -0.05) is 12.8 Å². The Hall–Kier alpha value is -0.570. The Labute approximate surface area is 99.6 Å². The number of amides is 1. The van der Waals surface area contributed by atoms with Gasteiger partial charge in [-0.2, -0.15) is 0 Å². The Balaban J connectivity index is 2.67. The quantitative estimate of drug-likeness (QED) is 0.782. The molecule has 0 unspecified atom stereocenters. The van der Waals surface area contributed by atoms with E-state index in [2.05, 4.69) is 26.1 Å². The van der Waals surface area contributed by atoms with Crippen molar-refractivity contribution in [2.24, 2.45) is 0 Å². The summed E-state index contributed by atoms with van der Waals surface area (Å²) in [5, 5.41) is 3.65. The van der Waals surface area contributed by atoms with Gasteiger partial charge in [-0.25, -0.2) is 0 Å². The second-order valence-electron chi connectivity index (χ2n) is 5.98. The van der Waals surface area contributed by atoms with E-state index in [4.69, 9.17) is 0 Å². The van der Waals surface area contributed by atoms with Gasteiger partial charge in [0.25, 0.3) is 0 Å². The zero-order valence-corrected chi connectivity index (χ0v) is 11.3. The van der Waals surface area contributed by atoms with Crippen LogP contribution in [-0.4, -0.2) is 35.5 Å². The molecule has 0 aromatic rings. The van der Waals surface area contributed by atoms with Gasteiger partial charge in [0.1, 0.15) is 0 Å². The largest absolute Gasteiger partial charge is 0.341 e. The number of nitrogens with zero attached hydrogens (tertiary/aromatic N) is 1. The molecule has 2 atom stereocenters. The van der Waals surface area contributed by atoms with Gasteiger partial charge in [-0.3, -0.25) is 4.79 Å². The first-order valence-electron chi connectivity index (χ1n) is 6.32. The lowest BCUT2D eigenvalue weighted by atomic mass is 9.87. The van der Waals surface area contributed by atoms with Gasteiger partial charge in [0, 0.05) is 31.6 Å². The third-order valence-electron chi connectivity index (χ3n) is 3.34. The van der Waals surface area contributed by atoms with E-state index >= 15 is 0 Å². The van der Waals surface area contributed by atoms with Crippen molar-refractivity contribution in [3.8, 4) is 0 Å². The highest BCUT2D eigenvalue weighted by Crippen LogP contribution is 2.24. The highest BCUT2D eigenvalue weighted by atomic mass is 16.2. The molecule has 1 fully saturated rings. The van der Waals surface area contributed by atoms with Crippen molar-refractivity contribution in [3.05, 3.63) is 0 Å². The van der Waals surface area contributed by atoms with E-state index in [9.17, 15) is 4.79 Å². The maximum absolute atomic E-state index is 11.5. The molecule has 0 bridgehead atoms. The van der Waals surface area contributed by atoms with Crippen LogP contribution in [0.3, 0.4) is 0 Å². The van der Waals surface area contributed by atoms with Crippen molar-refractivity contribution in [3.63, 3.8) is 0 Å². The Morgan fingerprint density at radius 1 is 1.25 bits per heavy atom. The summed E-state index contributed by atoms with van der Waals surface area (Å²) < 4.78 is 0. The molecule has 0 heterocycles. The summed E-state index contributed by atoms with van der Waals surface area (Å²) in [6, 6.07) is 0.813. The van der Waals surface area contributed by atoms with Gasteiger partial charge in [-0.15, -0.1) is 0 Å². The number of rotatable bonds is 2. The van der Waals surface area contributed by atoms with Crippen LogP contribution in [0, 0.1) is 0 Å². The number of carbonyl (C=O) groups excluding carboxylic acids is 1. The van der Waals surface area contributed by atoms with E-state index in [0.717, 1.165) is 6.42 Å². The summed E-state index contributed by atoms with van der Waals surface area (Å²) in [5.74, 6) is 0.174. The summed E-state index contributed by atoms with van der Waals surface area (Å²) >= 11 is 0. The molecule has 3 nitrogen and oxygen atoms in total. The predicted octanol–water partition coefficient (Wildman–Crippen LogP) is 2.16. The van der Waals surface area contributed by atoms with Crippen LogP contribution in [-0.2, 0) is 4.79 Å². The van der Waals surface area contributed by atoms with E-state index in [1.807, 2.05) is 11.9 Å². The Kier molecular flexibility index (Phi) is 4.36. The monoisotopic (exact) mass is 226 g/mol. The number of nitrogens with one attached hydrogen (secondary N) is 1. The number of hydrogen-bond donors (Lipinski definition) is 1. The first kappa shape index (κ1) is 13.5. The van der Waals surface area contributed by atoms with Gasteiger partial charge in [0.15, 0.2) is 0 Å². The van der Waals surface area contributed by atoms with Crippen molar-refractivity contribution in [2.75, 3.05) is 7.05 Å². The average Bonchev–Trinajstić information content (AvgIpc) is 2.15. The fourth-order valence-corrected chi connectivity index (χ4v) is 2.53. The summed E-state index contributed by atoms with van der Waals surface area (Å²) in [6.45, 7) is 8.22. The lowest BCUT2D eigenvalue weighted by molar-refractivity contribution is -0.130. The third kappa shape index (κ3) is 3.78. The summed E-state index contributed by atoms with van der Waals surface area (Å²) in [5.41, 5.74) is 0.123. The molecular formula is C13H26N2O. The molecule has 1 amide bonds. The van der Waals surface area contributed by atoms with Crippen molar-refractivity contribution < 1.29 is 4.79 Å². The van der Waals surface area contributed by atoms with Crippen LogP contribution in [0.1, 0.15) is 53.4 Å². The molecule has 0 aromatic heterocycles. The smallest absolute Gasteiger partial charge is 0.219 e. The first-order chi connectivity index (χ1) is 7.31. The lowest BCUT2D eigenvalue weighted by Crippen LogP contribution is -2.56. The van der Waals surface area contributed by atoms with Gasteiger partial charge < -0.3 is 10.2 Å². The Morgan fingerprint density at radius 2 is 1.81 bits per heavy atom. The molecule has 0 saturated heterocycles. The van der Waals surface area contributed by atoms with Gasteiger partial charge in [0.2, 0.25) is 5.91 Å². The minimum atomic E-state index is 0.123. The standard InChI is InChI=1S/C13H26N2O/c1-10(16)15(5)12-9-7-6-8-11(12)14-13(2,3)4/h11-12,14H,6-9H2,1-5H3/t11-,12-/m0/s1. The molecule has 1 N–H and O–H groups in total. The zero-order chi connectivity index (χ0) is 12.3. The molecule has 1 rings (SSSR count). The van der Waals surface area contributed by atoms with Gasteiger partial charge >= 0.3 is 0 Å². The van der Waals surface area contributed by atoms with E-state index in [-0.39, 0.29) is 11.4 Å². The molecule has 0 radical (unpaired) electrons. The molecule has 16 heavy (non-hydrogen) atoms. The highest BCUT2D eigenvalue weighted by molar-refractivity contribution is 5.73. The first-order valence-corrected chi connectivity index (χ1v) is 6.32. The number of hydrogen-bond acceptors (Lipinski definition) is 2. The molecule has 0 aliphatic heterocycles. The number of likely N-dealkylation sites (N-methyl/N-ethyl adjacent to an activating group) is 1. The Bertz CT molecular complexity index is 245. The van der Waals surface area contributed by atoms with Crippen LogP contribution in [0.5, 0.6) is 0 Å². The molecule has 3 heteroatoms. The minimum absolute atomic E-state index is 0.123. The van der Waals surface area contributed by atoms with Crippen molar-refractivity contribution in [1.82, 2.24) is 10.2 Å². The molecule has 1 aliphatic carbocycles. The van der Waals surface area contributed by atoms with Crippen molar-refractivity contribution >= 4 is 5.91 Å². The molecule has 1 aliphatic rings. The topological polar surface area (TPSA) is 32.3 Å². The van der Waals surface area contributed by atoms with E-state index in [1.165, 1.54) is 19.3 Å². The average molecular weight is 226 g/mol. The third-order valence-corrected chi connectivity index (χ3v) is 3.34. The van der Waals surface area contributed by atoms with Crippen LogP contribution < -0.4 is 5.32 Å². The van der Waals surface area contributed by atoms with Crippen LogP contribution in [0.2, 0.25) is 0 Å². The van der Waals surface area contributed by atoms with Crippen molar-refractivity contribution in [2.45, 2.75) is 71.0 Å².